The molecule has 2 aromatic rings. The number of carbonyl (C=O) groups is 1. The van der Waals surface area contributed by atoms with Crippen LogP contribution in [0.15, 0.2) is 54.6 Å². The molecule has 1 atom stereocenters. The summed E-state index contributed by atoms with van der Waals surface area (Å²) in [6.45, 7) is 4.43. The number of amides is 1. The summed E-state index contributed by atoms with van der Waals surface area (Å²) in [5, 5.41) is 11.1. The van der Waals surface area contributed by atoms with Crippen LogP contribution in [-0.4, -0.2) is 22.3 Å². The zero-order valence-electron chi connectivity index (χ0n) is 13.3. The van der Waals surface area contributed by atoms with Gasteiger partial charge in [0.15, 0.2) is 0 Å². The van der Waals surface area contributed by atoms with Gasteiger partial charge in [0.25, 0.3) is 5.69 Å². The molecular weight excluding hydrogens is 292 g/mol. The van der Waals surface area contributed by atoms with Gasteiger partial charge in [0.1, 0.15) is 0 Å². The van der Waals surface area contributed by atoms with Crippen molar-refractivity contribution in [2.45, 2.75) is 26.3 Å². The molecule has 0 bridgehead atoms. The Bertz CT molecular complexity index is 686. The van der Waals surface area contributed by atoms with Gasteiger partial charge >= 0.3 is 0 Å². The predicted octanol–water partition coefficient (Wildman–Crippen LogP) is 3.75. The van der Waals surface area contributed by atoms with E-state index in [1.807, 2.05) is 44.2 Å². The maximum Gasteiger partial charge on any atom is 0.273 e. The number of hydrogen-bond donors (Lipinski definition) is 0. The van der Waals surface area contributed by atoms with E-state index in [1.165, 1.54) is 6.07 Å². The van der Waals surface area contributed by atoms with Gasteiger partial charge in [-0.1, -0.05) is 48.5 Å². The Balaban J connectivity index is 2.20. The quantitative estimate of drug-likeness (QED) is 0.603. The first-order chi connectivity index (χ1) is 11.0. The van der Waals surface area contributed by atoms with Gasteiger partial charge in [-0.3, -0.25) is 14.9 Å². The van der Waals surface area contributed by atoms with Gasteiger partial charge in [-0.05, 0) is 19.4 Å². The largest absolute Gasteiger partial charge is 0.336 e. The Labute approximate surface area is 135 Å². The van der Waals surface area contributed by atoms with Crippen LogP contribution in [0.4, 0.5) is 5.69 Å². The molecule has 1 unspecified atom stereocenters. The third kappa shape index (κ3) is 3.94. The molecule has 2 rings (SSSR count). The summed E-state index contributed by atoms with van der Waals surface area (Å²) < 4.78 is 0. The van der Waals surface area contributed by atoms with Crippen molar-refractivity contribution >= 4 is 11.6 Å². The van der Waals surface area contributed by atoms with Crippen molar-refractivity contribution in [1.29, 1.82) is 0 Å². The lowest BCUT2D eigenvalue weighted by Gasteiger charge is -2.28. The summed E-state index contributed by atoms with van der Waals surface area (Å²) in [6, 6.07) is 16.1. The van der Waals surface area contributed by atoms with Crippen LogP contribution in [0.3, 0.4) is 0 Å². The van der Waals surface area contributed by atoms with Crippen molar-refractivity contribution in [1.82, 2.24) is 4.90 Å². The zero-order chi connectivity index (χ0) is 16.8. The van der Waals surface area contributed by atoms with E-state index in [4.69, 9.17) is 0 Å². The number of benzene rings is 2. The van der Waals surface area contributed by atoms with Crippen molar-refractivity contribution in [3.8, 4) is 0 Å². The summed E-state index contributed by atoms with van der Waals surface area (Å²) in [5.41, 5.74) is 1.48. The van der Waals surface area contributed by atoms with Crippen molar-refractivity contribution in [2.75, 3.05) is 6.54 Å². The molecule has 120 valence electrons. The van der Waals surface area contributed by atoms with Crippen LogP contribution < -0.4 is 0 Å². The average molecular weight is 312 g/mol. The van der Waals surface area contributed by atoms with Crippen molar-refractivity contribution in [3.05, 3.63) is 75.8 Å². The third-order valence-corrected chi connectivity index (χ3v) is 3.94. The Hall–Kier alpha value is -2.69. The zero-order valence-corrected chi connectivity index (χ0v) is 13.3. The summed E-state index contributed by atoms with van der Waals surface area (Å²) in [5.74, 6) is -0.113. The van der Waals surface area contributed by atoms with Crippen LogP contribution in [0.2, 0.25) is 0 Å². The third-order valence-electron chi connectivity index (χ3n) is 3.94. The number of likely N-dealkylation sites (N-methyl/N-ethyl adjacent to an activating group) is 1. The van der Waals surface area contributed by atoms with Gasteiger partial charge < -0.3 is 4.90 Å². The summed E-state index contributed by atoms with van der Waals surface area (Å²) in [7, 11) is 0. The number of nitro groups is 1. The van der Waals surface area contributed by atoms with Gasteiger partial charge in [-0.15, -0.1) is 0 Å². The van der Waals surface area contributed by atoms with Gasteiger partial charge in [0.2, 0.25) is 5.91 Å². The predicted molar refractivity (Wildman–Crippen MR) is 89.0 cm³/mol. The molecule has 0 N–H and O–H groups in total. The molecule has 23 heavy (non-hydrogen) atoms. The molecule has 5 nitrogen and oxygen atoms in total. The Kier molecular flexibility index (Phi) is 5.46. The molecule has 0 aliphatic carbocycles. The standard InChI is InChI=1S/C18H20N2O3/c1-3-19(14(2)15-9-5-4-6-10-15)18(21)13-16-11-7-8-12-17(16)20(22)23/h4-12,14H,3,13H2,1-2H3. The van der Waals surface area contributed by atoms with Gasteiger partial charge in [0.05, 0.1) is 17.4 Å². The van der Waals surface area contributed by atoms with Crippen LogP contribution in [0.1, 0.15) is 31.0 Å². The van der Waals surface area contributed by atoms with E-state index in [-0.39, 0.29) is 24.1 Å². The number of hydrogen-bond acceptors (Lipinski definition) is 3. The van der Waals surface area contributed by atoms with Crippen molar-refractivity contribution in [2.24, 2.45) is 0 Å². The molecular formula is C18H20N2O3. The second-order valence-electron chi connectivity index (χ2n) is 5.33. The summed E-state index contributed by atoms with van der Waals surface area (Å²) in [6.07, 6.45) is 0.0299. The molecule has 0 spiro atoms. The number of nitrogens with zero attached hydrogens (tertiary/aromatic N) is 2. The fraction of sp³-hybridized carbons (Fsp3) is 0.278. The molecule has 0 saturated carbocycles. The molecule has 0 fully saturated rings. The molecule has 0 aliphatic heterocycles. The van der Waals surface area contributed by atoms with Crippen LogP contribution in [0, 0.1) is 10.1 Å². The molecule has 0 saturated heterocycles. The van der Waals surface area contributed by atoms with E-state index in [1.54, 1.807) is 23.1 Å². The highest BCUT2D eigenvalue weighted by Crippen LogP contribution is 2.23. The molecule has 0 aliphatic rings. The molecule has 5 heteroatoms. The topological polar surface area (TPSA) is 63.5 Å². The summed E-state index contributed by atoms with van der Waals surface area (Å²) >= 11 is 0. The van der Waals surface area contributed by atoms with Crippen LogP contribution >= 0.6 is 0 Å². The minimum Gasteiger partial charge on any atom is -0.336 e. The fourth-order valence-electron chi connectivity index (χ4n) is 2.68. The lowest BCUT2D eigenvalue weighted by atomic mass is 10.0. The van der Waals surface area contributed by atoms with Crippen LogP contribution in [0.25, 0.3) is 0 Å². The van der Waals surface area contributed by atoms with Gasteiger partial charge in [-0.2, -0.15) is 0 Å². The van der Waals surface area contributed by atoms with E-state index in [0.717, 1.165) is 5.56 Å². The number of nitro benzene ring substituents is 1. The highest BCUT2D eigenvalue weighted by atomic mass is 16.6. The number of carbonyl (C=O) groups excluding carboxylic acids is 1. The maximum absolute atomic E-state index is 12.6. The molecule has 0 heterocycles. The first-order valence-electron chi connectivity index (χ1n) is 7.61. The molecule has 0 radical (unpaired) electrons. The molecule has 1 amide bonds. The SMILES string of the molecule is CCN(C(=O)Cc1ccccc1[N+](=O)[O-])C(C)c1ccccc1. The second-order valence-corrected chi connectivity index (χ2v) is 5.33. The molecule has 2 aromatic carbocycles. The lowest BCUT2D eigenvalue weighted by molar-refractivity contribution is -0.385. The smallest absolute Gasteiger partial charge is 0.273 e. The van der Waals surface area contributed by atoms with Crippen LogP contribution in [0.5, 0.6) is 0 Å². The maximum atomic E-state index is 12.6. The first-order valence-corrected chi connectivity index (χ1v) is 7.61. The normalized spacial score (nSPS) is 11.7. The first kappa shape index (κ1) is 16.7. The minimum absolute atomic E-state index is 0.00994. The Morgan fingerprint density at radius 2 is 1.74 bits per heavy atom. The van der Waals surface area contributed by atoms with E-state index in [0.29, 0.717) is 12.1 Å². The number of para-hydroxylation sites is 1. The Morgan fingerprint density at radius 1 is 1.13 bits per heavy atom. The van der Waals surface area contributed by atoms with Crippen molar-refractivity contribution < 1.29 is 9.72 Å². The monoisotopic (exact) mass is 312 g/mol. The second kappa shape index (κ2) is 7.54. The van der Waals surface area contributed by atoms with Crippen LogP contribution in [-0.2, 0) is 11.2 Å². The van der Waals surface area contributed by atoms with E-state index in [2.05, 4.69) is 0 Å². The fourth-order valence-corrected chi connectivity index (χ4v) is 2.68. The number of rotatable bonds is 6. The van der Waals surface area contributed by atoms with Crippen molar-refractivity contribution in [3.63, 3.8) is 0 Å². The van der Waals surface area contributed by atoms with E-state index >= 15 is 0 Å². The average Bonchev–Trinajstić information content (AvgIpc) is 2.56. The van der Waals surface area contributed by atoms with Gasteiger partial charge in [-0.25, -0.2) is 0 Å². The lowest BCUT2D eigenvalue weighted by Crippen LogP contribution is -2.34. The summed E-state index contributed by atoms with van der Waals surface area (Å²) in [4.78, 5) is 25.0. The van der Waals surface area contributed by atoms with E-state index < -0.39 is 4.92 Å². The minimum atomic E-state index is -0.445. The van der Waals surface area contributed by atoms with Gasteiger partial charge in [0, 0.05) is 18.2 Å². The highest BCUT2D eigenvalue weighted by Gasteiger charge is 2.23. The Morgan fingerprint density at radius 3 is 2.35 bits per heavy atom. The highest BCUT2D eigenvalue weighted by molar-refractivity contribution is 5.80. The molecule has 0 aromatic heterocycles. The van der Waals surface area contributed by atoms with E-state index in [9.17, 15) is 14.9 Å².